The third kappa shape index (κ3) is 6.66. The Morgan fingerprint density at radius 1 is 0.600 bits per heavy atom. The van der Waals surface area contributed by atoms with E-state index >= 15 is 0 Å². The molecule has 0 saturated heterocycles. The van der Waals surface area contributed by atoms with Gasteiger partial charge in [0.2, 0.25) is 0 Å². The lowest BCUT2D eigenvalue weighted by molar-refractivity contribution is 1.13. The highest BCUT2D eigenvalue weighted by Gasteiger charge is 2.13. The third-order valence-electron chi connectivity index (χ3n) is 7.42. The lowest BCUT2D eigenvalue weighted by Gasteiger charge is -2.18. The van der Waals surface area contributed by atoms with E-state index in [0.29, 0.717) is 0 Å². The Morgan fingerprint density at radius 2 is 1.02 bits per heavy atom. The van der Waals surface area contributed by atoms with Crippen molar-refractivity contribution in [3.63, 3.8) is 0 Å². The summed E-state index contributed by atoms with van der Waals surface area (Å²) in [4.78, 5) is 6.39. The Labute approximate surface area is 241 Å². The Kier molecular flexibility index (Phi) is 9.16. The van der Waals surface area contributed by atoms with Crippen molar-refractivity contribution < 1.29 is 0 Å². The van der Waals surface area contributed by atoms with Gasteiger partial charge in [0.05, 0.1) is 0 Å². The SMILES string of the molecule is CC1=C(C)C(=C(C=CC=C(c2ccc(N(C)C)cc2)c2ccc(N(C)C)cc2)c2ccc(N(C)C)cc2)C=C[C]1. The fourth-order valence-electron chi connectivity index (χ4n) is 4.74. The standard InChI is InChI=1S/C37H41N3/c1-27-11-9-12-35(28(27)2)37(31-19-25-34(26-20-31)40(7)8)14-10-13-36(29-15-21-32(22-16-29)38(3)4)30-17-23-33(24-18-30)39(5)6/h9-10,12-26H,1-8H3. The number of hydrogen-bond donors (Lipinski definition) is 0. The lowest BCUT2D eigenvalue weighted by Crippen LogP contribution is -2.08. The summed E-state index contributed by atoms with van der Waals surface area (Å²) in [6.45, 7) is 4.31. The van der Waals surface area contributed by atoms with E-state index in [1.165, 1.54) is 61.6 Å². The predicted octanol–water partition coefficient (Wildman–Crippen LogP) is 8.31. The van der Waals surface area contributed by atoms with Crippen LogP contribution in [0.15, 0.2) is 120 Å². The van der Waals surface area contributed by atoms with Crippen LogP contribution in [0.3, 0.4) is 0 Å². The molecule has 40 heavy (non-hydrogen) atoms. The molecule has 3 aromatic carbocycles. The summed E-state index contributed by atoms with van der Waals surface area (Å²) < 4.78 is 0. The Hall–Kier alpha value is -4.24. The summed E-state index contributed by atoms with van der Waals surface area (Å²) in [6.07, 6.45) is 14.2. The van der Waals surface area contributed by atoms with Gasteiger partial charge in [0.1, 0.15) is 0 Å². The van der Waals surface area contributed by atoms with E-state index in [9.17, 15) is 0 Å². The first kappa shape index (κ1) is 28.8. The number of benzene rings is 3. The van der Waals surface area contributed by atoms with Crippen molar-refractivity contribution in [3.05, 3.63) is 143 Å². The second-order valence-corrected chi connectivity index (χ2v) is 10.8. The molecular formula is C37H41N3. The van der Waals surface area contributed by atoms with Crippen LogP contribution in [0.5, 0.6) is 0 Å². The third-order valence-corrected chi connectivity index (χ3v) is 7.42. The van der Waals surface area contributed by atoms with Gasteiger partial charge in [0.25, 0.3) is 0 Å². The largest absolute Gasteiger partial charge is 0.378 e. The zero-order valence-electron chi connectivity index (χ0n) is 25.2. The first-order valence-corrected chi connectivity index (χ1v) is 13.7. The number of hydrogen-bond acceptors (Lipinski definition) is 3. The van der Waals surface area contributed by atoms with Gasteiger partial charge in [-0.1, -0.05) is 72.4 Å². The first-order valence-electron chi connectivity index (χ1n) is 13.7. The normalized spacial score (nSPS) is 14.4. The van der Waals surface area contributed by atoms with Crippen LogP contribution >= 0.6 is 0 Å². The molecule has 4 rings (SSSR count). The van der Waals surface area contributed by atoms with Crippen LogP contribution in [-0.2, 0) is 0 Å². The smallest absolute Gasteiger partial charge is 0.0378 e. The second-order valence-electron chi connectivity index (χ2n) is 10.8. The maximum Gasteiger partial charge on any atom is 0.0378 e. The highest BCUT2D eigenvalue weighted by molar-refractivity contribution is 5.86. The molecule has 0 aliphatic heterocycles. The second kappa shape index (κ2) is 12.7. The van der Waals surface area contributed by atoms with Gasteiger partial charge < -0.3 is 14.7 Å². The molecule has 0 saturated carbocycles. The van der Waals surface area contributed by atoms with Crippen molar-refractivity contribution >= 4 is 28.2 Å². The Morgan fingerprint density at radius 3 is 1.45 bits per heavy atom. The quantitative estimate of drug-likeness (QED) is 0.273. The summed E-state index contributed by atoms with van der Waals surface area (Å²) >= 11 is 0. The molecule has 1 aliphatic carbocycles. The molecule has 2 radical (unpaired) electrons. The summed E-state index contributed by atoms with van der Waals surface area (Å²) in [7, 11) is 12.4. The van der Waals surface area contributed by atoms with Gasteiger partial charge >= 0.3 is 0 Å². The molecule has 0 heterocycles. The van der Waals surface area contributed by atoms with Crippen molar-refractivity contribution in [2.45, 2.75) is 13.8 Å². The van der Waals surface area contributed by atoms with Crippen LogP contribution in [0.1, 0.15) is 30.5 Å². The van der Waals surface area contributed by atoms with Crippen LogP contribution in [0, 0.1) is 6.42 Å². The molecule has 0 unspecified atom stereocenters. The molecule has 0 fully saturated rings. The molecule has 3 nitrogen and oxygen atoms in total. The van der Waals surface area contributed by atoms with Crippen molar-refractivity contribution in [1.82, 2.24) is 0 Å². The Balaban J connectivity index is 1.82. The van der Waals surface area contributed by atoms with Crippen molar-refractivity contribution in [2.24, 2.45) is 0 Å². The van der Waals surface area contributed by atoms with E-state index < -0.39 is 0 Å². The van der Waals surface area contributed by atoms with Gasteiger partial charge in [-0.25, -0.2) is 0 Å². The highest BCUT2D eigenvalue weighted by Crippen LogP contribution is 2.33. The number of anilines is 3. The molecule has 0 atom stereocenters. The molecule has 204 valence electrons. The maximum absolute atomic E-state index is 3.35. The van der Waals surface area contributed by atoms with Crippen molar-refractivity contribution in [3.8, 4) is 0 Å². The van der Waals surface area contributed by atoms with Gasteiger partial charge in [-0.05, 0) is 89.2 Å². The van der Waals surface area contributed by atoms with Crippen molar-refractivity contribution in [2.75, 3.05) is 57.0 Å². The average Bonchev–Trinajstić information content (AvgIpc) is 2.95. The van der Waals surface area contributed by atoms with Gasteiger partial charge in [-0.3, -0.25) is 0 Å². The lowest BCUT2D eigenvalue weighted by atomic mass is 9.88. The molecule has 0 N–H and O–H groups in total. The molecule has 3 aromatic rings. The molecular weight excluding hydrogens is 486 g/mol. The molecule has 0 aromatic heterocycles. The van der Waals surface area contributed by atoms with Crippen LogP contribution in [0.4, 0.5) is 17.1 Å². The molecule has 0 bridgehead atoms. The maximum atomic E-state index is 3.35. The molecule has 1 aliphatic rings. The van der Waals surface area contributed by atoms with Crippen LogP contribution in [0.2, 0.25) is 0 Å². The number of nitrogens with zero attached hydrogens (tertiary/aromatic N) is 3. The molecule has 0 spiro atoms. The van der Waals surface area contributed by atoms with Gasteiger partial charge in [0, 0.05) is 65.8 Å². The van der Waals surface area contributed by atoms with E-state index in [4.69, 9.17) is 0 Å². The van der Waals surface area contributed by atoms with Crippen LogP contribution < -0.4 is 14.7 Å². The fourth-order valence-corrected chi connectivity index (χ4v) is 4.74. The Bertz CT molecular complexity index is 1400. The van der Waals surface area contributed by atoms with E-state index in [0.717, 1.165) is 0 Å². The van der Waals surface area contributed by atoms with Crippen LogP contribution in [-0.4, -0.2) is 42.3 Å². The van der Waals surface area contributed by atoms with Gasteiger partial charge in [0.15, 0.2) is 0 Å². The topological polar surface area (TPSA) is 9.72 Å². The zero-order chi connectivity index (χ0) is 28.8. The van der Waals surface area contributed by atoms with E-state index in [1.807, 2.05) is 6.08 Å². The monoisotopic (exact) mass is 527 g/mol. The average molecular weight is 528 g/mol. The summed E-state index contributed by atoms with van der Waals surface area (Å²) in [5.41, 5.74) is 13.2. The zero-order valence-corrected chi connectivity index (χ0v) is 25.2. The fraction of sp³-hybridized carbons (Fsp3) is 0.216. The molecule has 3 heteroatoms. The predicted molar refractivity (Wildman–Crippen MR) is 176 cm³/mol. The number of rotatable bonds is 8. The summed E-state index contributed by atoms with van der Waals surface area (Å²) in [5, 5.41) is 0. The highest BCUT2D eigenvalue weighted by atomic mass is 15.1. The summed E-state index contributed by atoms with van der Waals surface area (Å²) in [5.74, 6) is 0. The van der Waals surface area contributed by atoms with Crippen molar-refractivity contribution in [1.29, 1.82) is 0 Å². The number of allylic oxidation sites excluding steroid dienone is 9. The van der Waals surface area contributed by atoms with E-state index in [-0.39, 0.29) is 0 Å². The van der Waals surface area contributed by atoms with Gasteiger partial charge in [-0.15, -0.1) is 0 Å². The van der Waals surface area contributed by atoms with Gasteiger partial charge in [-0.2, -0.15) is 0 Å². The minimum atomic E-state index is 1.17. The first-order chi connectivity index (χ1) is 19.2. The molecule has 0 amide bonds. The summed E-state index contributed by atoms with van der Waals surface area (Å²) in [6, 6.07) is 26.3. The van der Waals surface area contributed by atoms with E-state index in [1.54, 1.807) is 0 Å². The minimum Gasteiger partial charge on any atom is -0.378 e. The van der Waals surface area contributed by atoms with Crippen LogP contribution in [0.25, 0.3) is 11.1 Å². The van der Waals surface area contributed by atoms with E-state index in [2.05, 4.69) is 174 Å². The minimum absolute atomic E-state index is 1.17.